The average Bonchev–Trinajstić information content (AvgIpc) is 2.66. The lowest BCUT2D eigenvalue weighted by Gasteiger charge is -2.24. The smallest absolute Gasteiger partial charge is 0.409 e. The summed E-state index contributed by atoms with van der Waals surface area (Å²) in [6.07, 6.45) is 0.754. The Labute approximate surface area is 108 Å². The first kappa shape index (κ1) is 12.9. The van der Waals surface area contributed by atoms with Crippen LogP contribution in [0.4, 0.5) is 4.79 Å². The van der Waals surface area contributed by atoms with E-state index in [-0.39, 0.29) is 12.1 Å². The fraction of sp³-hybridized carbons (Fsp3) is 0.500. The van der Waals surface area contributed by atoms with E-state index in [0.29, 0.717) is 13.2 Å². The Hall–Kier alpha value is -1.55. The molecule has 1 unspecified atom stereocenters. The number of rotatable bonds is 2. The van der Waals surface area contributed by atoms with Crippen LogP contribution in [-0.4, -0.2) is 37.2 Å². The first-order valence-corrected chi connectivity index (χ1v) is 6.51. The van der Waals surface area contributed by atoms with Crippen LogP contribution in [0, 0.1) is 0 Å². The quantitative estimate of drug-likeness (QED) is 0.872. The summed E-state index contributed by atoms with van der Waals surface area (Å²) in [4.78, 5) is 13.6. The van der Waals surface area contributed by atoms with Gasteiger partial charge in [0.15, 0.2) is 0 Å². The Morgan fingerprint density at radius 2 is 2.22 bits per heavy atom. The largest absolute Gasteiger partial charge is 0.450 e. The van der Waals surface area contributed by atoms with Crippen LogP contribution in [0.5, 0.6) is 0 Å². The number of hydrogen-bond donors (Lipinski definition) is 1. The molecule has 2 rings (SSSR count). The van der Waals surface area contributed by atoms with E-state index < -0.39 is 0 Å². The van der Waals surface area contributed by atoms with E-state index in [1.54, 1.807) is 4.90 Å². The van der Waals surface area contributed by atoms with Crippen LogP contribution in [0.1, 0.15) is 24.9 Å². The summed E-state index contributed by atoms with van der Waals surface area (Å²) in [6, 6.07) is 10.4. The molecule has 1 atom stereocenters. The van der Waals surface area contributed by atoms with Gasteiger partial charge in [-0.15, -0.1) is 0 Å². The number of ether oxygens (including phenoxy) is 1. The Bertz CT molecular complexity index is 381. The molecule has 0 bridgehead atoms. The molecule has 18 heavy (non-hydrogen) atoms. The van der Waals surface area contributed by atoms with Gasteiger partial charge in [0.25, 0.3) is 0 Å². The molecule has 1 saturated heterocycles. The highest BCUT2D eigenvalue weighted by Gasteiger charge is 2.23. The van der Waals surface area contributed by atoms with Crippen molar-refractivity contribution in [3.63, 3.8) is 0 Å². The Morgan fingerprint density at radius 3 is 2.94 bits per heavy atom. The van der Waals surface area contributed by atoms with Crippen molar-refractivity contribution in [2.45, 2.75) is 19.4 Å². The van der Waals surface area contributed by atoms with Crippen molar-refractivity contribution in [2.75, 3.05) is 26.2 Å². The average molecular weight is 248 g/mol. The van der Waals surface area contributed by atoms with E-state index in [0.717, 1.165) is 19.5 Å². The third-order valence-corrected chi connectivity index (χ3v) is 3.13. The van der Waals surface area contributed by atoms with Crippen LogP contribution in [0.3, 0.4) is 0 Å². The molecule has 1 N–H and O–H groups in total. The molecule has 4 nitrogen and oxygen atoms in total. The Kier molecular flexibility index (Phi) is 4.59. The zero-order valence-corrected chi connectivity index (χ0v) is 10.8. The molecule has 4 heteroatoms. The van der Waals surface area contributed by atoms with Crippen molar-refractivity contribution in [1.82, 2.24) is 10.2 Å². The second-order valence-corrected chi connectivity index (χ2v) is 4.42. The fourth-order valence-electron chi connectivity index (χ4n) is 2.21. The van der Waals surface area contributed by atoms with Crippen molar-refractivity contribution in [3.8, 4) is 0 Å². The van der Waals surface area contributed by atoms with Gasteiger partial charge in [0.1, 0.15) is 0 Å². The highest BCUT2D eigenvalue weighted by molar-refractivity contribution is 5.67. The second kappa shape index (κ2) is 6.40. The summed E-state index contributed by atoms with van der Waals surface area (Å²) in [6.45, 7) is 4.62. The van der Waals surface area contributed by atoms with Crippen LogP contribution < -0.4 is 5.32 Å². The predicted molar refractivity (Wildman–Crippen MR) is 70.4 cm³/mol. The van der Waals surface area contributed by atoms with E-state index in [9.17, 15) is 4.79 Å². The molecule has 1 aromatic carbocycles. The number of carbonyl (C=O) groups excluding carboxylic acids is 1. The maximum Gasteiger partial charge on any atom is 0.409 e. The van der Waals surface area contributed by atoms with Crippen LogP contribution in [0.15, 0.2) is 30.3 Å². The molecule has 0 aliphatic carbocycles. The van der Waals surface area contributed by atoms with Crippen LogP contribution >= 0.6 is 0 Å². The van der Waals surface area contributed by atoms with E-state index >= 15 is 0 Å². The first-order valence-electron chi connectivity index (χ1n) is 6.51. The highest BCUT2D eigenvalue weighted by atomic mass is 16.6. The summed E-state index contributed by atoms with van der Waals surface area (Å²) in [7, 11) is 0. The molecule has 98 valence electrons. The first-order chi connectivity index (χ1) is 8.81. The monoisotopic (exact) mass is 248 g/mol. The second-order valence-electron chi connectivity index (χ2n) is 4.42. The van der Waals surface area contributed by atoms with Crippen molar-refractivity contribution in [2.24, 2.45) is 0 Å². The summed E-state index contributed by atoms with van der Waals surface area (Å²) >= 11 is 0. The van der Waals surface area contributed by atoms with Crippen molar-refractivity contribution in [3.05, 3.63) is 35.9 Å². The van der Waals surface area contributed by atoms with Gasteiger partial charge in [0.2, 0.25) is 0 Å². The Morgan fingerprint density at radius 1 is 1.44 bits per heavy atom. The molecule has 1 heterocycles. The molecule has 1 amide bonds. The van der Waals surface area contributed by atoms with Crippen molar-refractivity contribution < 1.29 is 9.53 Å². The maximum absolute atomic E-state index is 11.8. The minimum absolute atomic E-state index is 0.193. The number of hydrogen-bond acceptors (Lipinski definition) is 3. The highest BCUT2D eigenvalue weighted by Crippen LogP contribution is 2.17. The number of benzene rings is 1. The molecule has 1 aliphatic rings. The minimum Gasteiger partial charge on any atom is -0.450 e. The molecule has 1 aromatic rings. The summed E-state index contributed by atoms with van der Waals surface area (Å²) in [5, 5.41) is 3.48. The molecular formula is C14H20N2O2. The van der Waals surface area contributed by atoms with Gasteiger partial charge in [0, 0.05) is 13.1 Å². The van der Waals surface area contributed by atoms with Gasteiger partial charge in [0.05, 0.1) is 12.6 Å². The SMILES string of the molecule is CCOC(=O)N1CCCNC(c2ccccc2)C1. The molecule has 0 saturated carbocycles. The number of nitrogens with zero attached hydrogens (tertiary/aromatic N) is 1. The number of carbonyl (C=O) groups is 1. The molecular weight excluding hydrogens is 228 g/mol. The number of amides is 1. The standard InChI is InChI=1S/C14H20N2O2/c1-2-18-14(17)16-10-6-9-15-13(11-16)12-7-4-3-5-8-12/h3-5,7-8,13,15H,2,6,9-11H2,1H3. The molecule has 0 radical (unpaired) electrons. The third kappa shape index (κ3) is 3.23. The lowest BCUT2D eigenvalue weighted by Crippen LogP contribution is -2.36. The summed E-state index contributed by atoms with van der Waals surface area (Å²) < 4.78 is 5.08. The third-order valence-electron chi connectivity index (χ3n) is 3.13. The van der Waals surface area contributed by atoms with E-state index in [4.69, 9.17) is 4.74 Å². The fourth-order valence-corrected chi connectivity index (χ4v) is 2.21. The van der Waals surface area contributed by atoms with Gasteiger partial charge in [-0.05, 0) is 25.5 Å². The molecule has 0 aromatic heterocycles. The zero-order valence-electron chi connectivity index (χ0n) is 10.8. The van der Waals surface area contributed by atoms with Crippen LogP contribution in [-0.2, 0) is 4.74 Å². The maximum atomic E-state index is 11.8. The predicted octanol–water partition coefficient (Wildman–Crippen LogP) is 2.18. The van der Waals surface area contributed by atoms with E-state index in [1.807, 2.05) is 25.1 Å². The van der Waals surface area contributed by atoms with E-state index in [1.165, 1.54) is 5.56 Å². The van der Waals surface area contributed by atoms with Crippen LogP contribution in [0.25, 0.3) is 0 Å². The van der Waals surface area contributed by atoms with E-state index in [2.05, 4.69) is 17.4 Å². The lowest BCUT2D eigenvalue weighted by molar-refractivity contribution is 0.106. The molecule has 0 spiro atoms. The van der Waals surface area contributed by atoms with Crippen molar-refractivity contribution >= 4 is 6.09 Å². The molecule has 1 aliphatic heterocycles. The van der Waals surface area contributed by atoms with Gasteiger partial charge in [-0.1, -0.05) is 30.3 Å². The summed E-state index contributed by atoms with van der Waals surface area (Å²) in [5.41, 5.74) is 1.22. The van der Waals surface area contributed by atoms with Crippen molar-refractivity contribution in [1.29, 1.82) is 0 Å². The van der Waals surface area contributed by atoms with Gasteiger partial charge in [-0.25, -0.2) is 4.79 Å². The summed E-state index contributed by atoms with van der Waals surface area (Å²) in [5.74, 6) is 0. The minimum atomic E-state index is -0.206. The van der Waals surface area contributed by atoms with Gasteiger partial charge >= 0.3 is 6.09 Å². The van der Waals surface area contributed by atoms with Gasteiger partial charge < -0.3 is 15.0 Å². The molecule has 1 fully saturated rings. The van der Waals surface area contributed by atoms with Gasteiger partial charge in [-0.3, -0.25) is 0 Å². The number of nitrogens with one attached hydrogen (secondary N) is 1. The normalized spacial score (nSPS) is 20.3. The van der Waals surface area contributed by atoms with Crippen LogP contribution in [0.2, 0.25) is 0 Å². The lowest BCUT2D eigenvalue weighted by atomic mass is 10.1. The zero-order chi connectivity index (χ0) is 12.8. The Balaban J connectivity index is 2.06. The van der Waals surface area contributed by atoms with Gasteiger partial charge in [-0.2, -0.15) is 0 Å². The topological polar surface area (TPSA) is 41.6 Å².